The largest absolute Gasteiger partial charge is 0.493 e. The Bertz CT molecular complexity index is 602. The molecule has 104 valence electrons. The van der Waals surface area contributed by atoms with Gasteiger partial charge in [0, 0.05) is 23.5 Å². The molecule has 0 aliphatic rings. The Hall–Kier alpha value is -2.07. The van der Waals surface area contributed by atoms with Crippen molar-refractivity contribution in [2.75, 3.05) is 7.11 Å². The van der Waals surface area contributed by atoms with E-state index in [-0.39, 0.29) is 6.10 Å². The van der Waals surface area contributed by atoms with Gasteiger partial charge in [0.25, 0.3) is 0 Å². The highest BCUT2D eigenvalue weighted by molar-refractivity contribution is 6.32. The minimum absolute atomic E-state index is 0.239. The molecule has 2 rings (SSSR count). The van der Waals surface area contributed by atoms with Gasteiger partial charge < -0.3 is 9.47 Å². The second-order valence-corrected chi connectivity index (χ2v) is 4.61. The molecule has 1 aromatic heterocycles. The summed E-state index contributed by atoms with van der Waals surface area (Å²) in [6.07, 6.45) is 3.90. The van der Waals surface area contributed by atoms with E-state index in [9.17, 15) is 4.79 Å². The summed E-state index contributed by atoms with van der Waals surface area (Å²) in [5.41, 5.74) is 1.36. The number of carbonyl (C=O) groups is 1. The van der Waals surface area contributed by atoms with E-state index in [1.54, 1.807) is 24.5 Å². The van der Waals surface area contributed by atoms with Gasteiger partial charge in [-0.1, -0.05) is 17.7 Å². The smallest absolute Gasteiger partial charge is 0.180 e. The van der Waals surface area contributed by atoms with Crippen LogP contribution >= 0.6 is 11.6 Å². The molecule has 1 atom stereocenters. The van der Waals surface area contributed by atoms with Gasteiger partial charge in [-0.05, 0) is 25.1 Å². The third-order valence-corrected chi connectivity index (χ3v) is 3.12. The number of rotatable bonds is 5. The summed E-state index contributed by atoms with van der Waals surface area (Å²) in [5.74, 6) is 0.839. The highest BCUT2D eigenvalue weighted by atomic mass is 35.5. The lowest BCUT2D eigenvalue weighted by Gasteiger charge is -2.18. The lowest BCUT2D eigenvalue weighted by molar-refractivity contribution is 0.112. The Morgan fingerprint density at radius 3 is 2.80 bits per heavy atom. The molecule has 0 N–H and O–H groups in total. The van der Waals surface area contributed by atoms with E-state index in [1.807, 2.05) is 19.1 Å². The van der Waals surface area contributed by atoms with E-state index in [2.05, 4.69) is 4.98 Å². The van der Waals surface area contributed by atoms with Crippen LogP contribution in [0.5, 0.6) is 11.5 Å². The van der Waals surface area contributed by atoms with Crippen molar-refractivity contribution in [3.63, 3.8) is 0 Å². The first-order valence-corrected chi connectivity index (χ1v) is 6.42. The zero-order valence-corrected chi connectivity index (χ0v) is 11.9. The first kappa shape index (κ1) is 14.3. The summed E-state index contributed by atoms with van der Waals surface area (Å²) in [6.45, 7) is 1.89. The minimum atomic E-state index is -0.239. The van der Waals surface area contributed by atoms with E-state index in [1.165, 1.54) is 7.11 Å². The lowest BCUT2D eigenvalue weighted by Crippen LogP contribution is -2.05. The Labute approximate surface area is 122 Å². The zero-order valence-electron chi connectivity index (χ0n) is 11.2. The normalized spacial score (nSPS) is 11.8. The summed E-state index contributed by atoms with van der Waals surface area (Å²) in [4.78, 5) is 14.9. The third-order valence-electron chi connectivity index (χ3n) is 2.84. The molecule has 0 fully saturated rings. The average molecular weight is 292 g/mol. The van der Waals surface area contributed by atoms with Crippen molar-refractivity contribution in [2.45, 2.75) is 13.0 Å². The minimum Gasteiger partial charge on any atom is -0.493 e. The lowest BCUT2D eigenvalue weighted by atomic mass is 10.2. The molecule has 0 bridgehead atoms. The van der Waals surface area contributed by atoms with Crippen LogP contribution in [0, 0.1) is 0 Å². The number of methoxy groups -OCH3 is 1. The SMILES string of the molecule is COc1cc(C=O)cc(Cl)c1OC(C)c1cccnc1. The number of hydrogen-bond acceptors (Lipinski definition) is 4. The van der Waals surface area contributed by atoms with Gasteiger partial charge in [-0.2, -0.15) is 0 Å². The van der Waals surface area contributed by atoms with Crippen LogP contribution in [0.3, 0.4) is 0 Å². The van der Waals surface area contributed by atoms with Gasteiger partial charge in [0.05, 0.1) is 12.1 Å². The molecule has 4 nitrogen and oxygen atoms in total. The number of halogens is 1. The molecule has 0 amide bonds. The Kier molecular flexibility index (Phi) is 4.58. The van der Waals surface area contributed by atoms with E-state index in [4.69, 9.17) is 21.1 Å². The van der Waals surface area contributed by atoms with Crippen molar-refractivity contribution in [3.05, 3.63) is 52.8 Å². The summed E-state index contributed by atoms with van der Waals surface area (Å²) >= 11 is 6.14. The van der Waals surface area contributed by atoms with Gasteiger partial charge in [0.2, 0.25) is 0 Å². The maximum atomic E-state index is 10.8. The number of benzene rings is 1. The van der Waals surface area contributed by atoms with Gasteiger partial charge in [-0.25, -0.2) is 0 Å². The van der Waals surface area contributed by atoms with Crippen LogP contribution in [-0.2, 0) is 0 Å². The molecule has 0 aliphatic carbocycles. The van der Waals surface area contributed by atoms with Gasteiger partial charge >= 0.3 is 0 Å². The first-order chi connectivity index (χ1) is 9.65. The van der Waals surface area contributed by atoms with Crippen molar-refractivity contribution in [1.29, 1.82) is 0 Å². The summed E-state index contributed by atoms with van der Waals surface area (Å²) in [6, 6.07) is 6.88. The fraction of sp³-hybridized carbons (Fsp3) is 0.200. The van der Waals surface area contributed by atoms with Crippen LogP contribution in [0.4, 0.5) is 0 Å². The van der Waals surface area contributed by atoms with Crippen LogP contribution < -0.4 is 9.47 Å². The summed E-state index contributed by atoms with van der Waals surface area (Å²) < 4.78 is 11.1. The zero-order chi connectivity index (χ0) is 14.5. The molecular weight excluding hydrogens is 278 g/mol. The Morgan fingerprint density at radius 1 is 1.40 bits per heavy atom. The van der Waals surface area contributed by atoms with E-state index >= 15 is 0 Å². The molecule has 1 heterocycles. The van der Waals surface area contributed by atoms with E-state index in [0.29, 0.717) is 28.4 Å². The van der Waals surface area contributed by atoms with Crippen LogP contribution in [0.25, 0.3) is 0 Å². The van der Waals surface area contributed by atoms with E-state index in [0.717, 1.165) is 5.56 Å². The van der Waals surface area contributed by atoms with Gasteiger partial charge in [0.1, 0.15) is 12.4 Å². The molecule has 0 aliphatic heterocycles. The third kappa shape index (κ3) is 3.08. The van der Waals surface area contributed by atoms with Gasteiger partial charge in [-0.15, -0.1) is 0 Å². The van der Waals surface area contributed by atoms with Crippen molar-refractivity contribution in [1.82, 2.24) is 4.98 Å². The van der Waals surface area contributed by atoms with Crippen LogP contribution in [0.2, 0.25) is 5.02 Å². The molecule has 5 heteroatoms. The second kappa shape index (κ2) is 6.39. The molecule has 2 aromatic rings. The predicted octanol–water partition coefficient (Wildman–Crippen LogP) is 3.70. The number of ether oxygens (including phenoxy) is 2. The van der Waals surface area contributed by atoms with Crippen molar-refractivity contribution in [3.8, 4) is 11.5 Å². The molecule has 0 saturated carbocycles. The molecule has 1 unspecified atom stereocenters. The molecule has 0 spiro atoms. The van der Waals surface area contributed by atoms with Crippen molar-refractivity contribution >= 4 is 17.9 Å². The van der Waals surface area contributed by atoms with E-state index < -0.39 is 0 Å². The van der Waals surface area contributed by atoms with Crippen LogP contribution in [0.1, 0.15) is 28.9 Å². The average Bonchev–Trinajstić information content (AvgIpc) is 2.49. The van der Waals surface area contributed by atoms with Gasteiger partial charge in [-0.3, -0.25) is 9.78 Å². The maximum Gasteiger partial charge on any atom is 0.180 e. The monoisotopic (exact) mass is 291 g/mol. The summed E-state index contributed by atoms with van der Waals surface area (Å²) in [7, 11) is 1.50. The number of pyridine rings is 1. The number of hydrogen-bond donors (Lipinski definition) is 0. The number of nitrogens with zero attached hydrogens (tertiary/aromatic N) is 1. The first-order valence-electron chi connectivity index (χ1n) is 6.05. The Morgan fingerprint density at radius 2 is 2.20 bits per heavy atom. The number of carbonyl (C=O) groups excluding carboxylic acids is 1. The maximum absolute atomic E-state index is 10.8. The molecule has 0 radical (unpaired) electrons. The molecule has 1 aromatic carbocycles. The topological polar surface area (TPSA) is 48.4 Å². The highest BCUT2D eigenvalue weighted by Crippen LogP contribution is 2.38. The second-order valence-electron chi connectivity index (χ2n) is 4.20. The van der Waals surface area contributed by atoms with Gasteiger partial charge in [0.15, 0.2) is 11.5 Å². The van der Waals surface area contributed by atoms with Crippen molar-refractivity contribution in [2.24, 2.45) is 0 Å². The highest BCUT2D eigenvalue weighted by Gasteiger charge is 2.16. The van der Waals surface area contributed by atoms with Crippen LogP contribution in [0.15, 0.2) is 36.7 Å². The fourth-order valence-electron chi connectivity index (χ4n) is 1.78. The number of aromatic nitrogens is 1. The molecular formula is C15H14ClNO3. The fourth-order valence-corrected chi connectivity index (χ4v) is 2.05. The standard InChI is InChI=1S/C15H14ClNO3/c1-10(12-4-3-5-17-8-12)20-15-13(16)6-11(9-18)7-14(15)19-2/h3-10H,1-2H3. The Balaban J connectivity index is 2.31. The van der Waals surface area contributed by atoms with Crippen LogP contribution in [-0.4, -0.2) is 18.4 Å². The number of aldehydes is 1. The predicted molar refractivity (Wildman–Crippen MR) is 76.7 cm³/mol. The summed E-state index contributed by atoms with van der Waals surface area (Å²) in [5, 5.41) is 0.335. The van der Waals surface area contributed by atoms with Crippen molar-refractivity contribution < 1.29 is 14.3 Å². The molecule has 0 saturated heterocycles. The quantitative estimate of drug-likeness (QED) is 0.788. The molecule has 20 heavy (non-hydrogen) atoms.